The van der Waals surface area contributed by atoms with E-state index in [2.05, 4.69) is 33.1 Å². The Morgan fingerprint density at radius 1 is 1.27 bits per heavy atom. The highest BCUT2D eigenvalue weighted by Crippen LogP contribution is 2.66. The van der Waals surface area contributed by atoms with E-state index in [4.69, 9.17) is 36.3 Å². The third-order valence-corrected chi connectivity index (χ3v) is 8.52. The molecule has 0 amide bonds. The molecule has 0 aliphatic carbocycles. The standard InChI is InChI=1S/C13H21N8O13P3/c14-2-6-3-21(11-10(6)12(22)19-13(15)18-11)9-1-7(30-5-17-20-16)8(32-9)4-31-36(26,27)34-37(28,29)33-35(23,24)25/h3,7-9H,1-2,4-5,14H2,(H,26,27)(H,28,29)(H2,23,24,25)(H3,15,18,19,22). The lowest BCUT2D eigenvalue weighted by Crippen LogP contribution is -2.29. The molecular formula is C13H21N8O13P3. The van der Waals surface area contributed by atoms with Gasteiger partial charge in [0.25, 0.3) is 5.56 Å². The Labute approximate surface area is 205 Å². The van der Waals surface area contributed by atoms with Crippen LogP contribution >= 0.6 is 23.5 Å². The molecule has 5 atom stereocenters. The largest absolute Gasteiger partial charge is 0.490 e. The quantitative estimate of drug-likeness (QED) is 0.0742. The second-order valence-corrected chi connectivity index (χ2v) is 11.7. The molecule has 5 unspecified atom stereocenters. The van der Waals surface area contributed by atoms with Crippen LogP contribution in [0.2, 0.25) is 0 Å². The lowest BCUT2D eigenvalue weighted by Gasteiger charge is -2.21. The van der Waals surface area contributed by atoms with Crippen LogP contribution in [0.4, 0.5) is 5.95 Å². The summed E-state index contributed by atoms with van der Waals surface area (Å²) in [5.41, 5.74) is 19.8. The molecule has 3 rings (SSSR count). The van der Waals surface area contributed by atoms with E-state index in [1.54, 1.807) is 0 Å². The molecule has 206 valence electrons. The molecule has 1 aliphatic rings. The normalized spacial score (nSPS) is 23.4. The molecule has 24 heteroatoms. The number of rotatable bonds is 12. The van der Waals surface area contributed by atoms with Crippen molar-refractivity contribution in [3.05, 3.63) is 32.6 Å². The van der Waals surface area contributed by atoms with E-state index < -0.39 is 60.8 Å². The number of nitrogens with zero attached hydrogens (tertiary/aromatic N) is 5. The summed E-state index contributed by atoms with van der Waals surface area (Å²) in [6, 6.07) is 0. The highest BCUT2D eigenvalue weighted by molar-refractivity contribution is 7.66. The molecule has 3 heterocycles. The Kier molecular flexibility index (Phi) is 8.96. The second kappa shape index (κ2) is 11.3. The van der Waals surface area contributed by atoms with Crippen molar-refractivity contribution in [3.8, 4) is 0 Å². The van der Waals surface area contributed by atoms with E-state index in [1.165, 1.54) is 10.8 Å². The molecule has 0 aromatic carbocycles. The number of nitrogen functional groups attached to an aromatic ring is 1. The Morgan fingerprint density at radius 3 is 2.59 bits per heavy atom. The summed E-state index contributed by atoms with van der Waals surface area (Å²) in [6.45, 7) is -1.36. The second-order valence-electron chi connectivity index (χ2n) is 7.23. The van der Waals surface area contributed by atoms with E-state index in [-0.39, 0.29) is 29.9 Å². The van der Waals surface area contributed by atoms with E-state index >= 15 is 0 Å². The van der Waals surface area contributed by atoms with Crippen molar-refractivity contribution in [3.63, 3.8) is 0 Å². The first-order valence-electron chi connectivity index (χ1n) is 9.80. The number of nitrogens with one attached hydrogen (secondary N) is 1. The number of phosphoric ester groups is 1. The van der Waals surface area contributed by atoms with Gasteiger partial charge in [0, 0.05) is 24.1 Å². The number of nitrogens with two attached hydrogens (primary N) is 2. The Bertz CT molecular complexity index is 1400. The maximum Gasteiger partial charge on any atom is 0.490 e. The number of aromatic amines is 1. The zero-order valence-corrected chi connectivity index (χ0v) is 21.0. The van der Waals surface area contributed by atoms with Gasteiger partial charge in [-0.05, 0) is 11.1 Å². The molecule has 2 aromatic rings. The molecule has 0 saturated carbocycles. The van der Waals surface area contributed by atoms with Crippen molar-refractivity contribution in [2.75, 3.05) is 19.1 Å². The van der Waals surface area contributed by atoms with Crippen molar-refractivity contribution < 1.29 is 55.9 Å². The average molecular weight is 590 g/mol. The molecule has 21 nitrogen and oxygen atoms in total. The lowest BCUT2D eigenvalue weighted by atomic mass is 10.2. The summed E-state index contributed by atoms with van der Waals surface area (Å²) in [5, 5.41) is 3.37. The van der Waals surface area contributed by atoms with Crippen LogP contribution in [0, 0.1) is 0 Å². The molecule has 37 heavy (non-hydrogen) atoms. The molecule has 2 aromatic heterocycles. The van der Waals surface area contributed by atoms with Gasteiger partial charge < -0.3 is 45.1 Å². The van der Waals surface area contributed by atoms with E-state index in [0.717, 1.165) is 0 Å². The summed E-state index contributed by atoms with van der Waals surface area (Å²) in [4.78, 5) is 57.6. The number of aromatic nitrogens is 3. The van der Waals surface area contributed by atoms with Gasteiger partial charge in [-0.1, -0.05) is 5.11 Å². The maximum atomic E-state index is 12.4. The SMILES string of the molecule is [N-]=[N+]=NCOC1CC(n2cc(CN)c3c(=O)[nH]c(N)nc32)OC1COP(=O)(O)OP(=O)(O)OP(=O)(O)O. The third kappa shape index (κ3) is 7.67. The third-order valence-electron chi connectivity index (χ3n) is 4.72. The Morgan fingerprint density at radius 2 is 1.97 bits per heavy atom. The van der Waals surface area contributed by atoms with Crippen LogP contribution in [0.3, 0.4) is 0 Å². The number of fused-ring (bicyclic) bond motifs is 1. The van der Waals surface area contributed by atoms with Crippen molar-refractivity contribution in [1.29, 1.82) is 0 Å². The van der Waals surface area contributed by atoms with Gasteiger partial charge >= 0.3 is 23.5 Å². The minimum atomic E-state index is -5.73. The first kappa shape index (κ1) is 29.4. The van der Waals surface area contributed by atoms with Gasteiger partial charge in [-0.2, -0.15) is 13.6 Å². The summed E-state index contributed by atoms with van der Waals surface area (Å²) in [6.07, 6.45) is -1.65. The number of anilines is 1. The van der Waals surface area contributed by atoms with E-state index in [0.29, 0.717) is 5.56 Å². The minimum Gasteiger partial charge on any atom is -0.369 e. The molecule has 1 fully saturated rings. The number of H-pyrrole nitrogens is 1. The maximum absolute atomic E-state index is 12.4. The Balaban J connectivity index is 1.83. The topological polar surface area (TPSA) is 330 Å². The average Bonchev–Trinajstić information content (AvgIpc) is 3.31. The minimum absolute atomic E-state index is 0.00640. The van der Waals surface area contributed by atoms with E-state index in [9.17, 15) is 28.3 Å². The van der Waals surface area contributed by atoms with Crippen LogP contribution in [-0.2, 0) is 42.9 Å². The summed E-state index contributed by atoms with van der Waals surface area (Å²) < 4.78 is 59.0. The molecule has 0 radical (unpaired) electrons. The fourth-order valence-electron chi connectivity index (χ4n) is 3.44. The smallest absolute Gasteiger partial charge is 0.369 e. The van der Waals surface area contributed by atoms with Gasteiger partial charge in [0.05, 0.1) is 18.1 Å². The lowest BCUT2D eigenvalue weighted by molar-refractivity contribution is -0.0582. The molecule has 0 bridgehead atoms. The van der Waals surface area contributed by atoms with E-state index in [1.807, 2.05) is 0 Å². The van der Waals surface area contributed by atoms with Crippen molar-refractivity contribution in [2.24, 2.45) is 10.8 Å². The summed E-state index contributed by atoms with van der Waals surface area (Å²) >= 11 is 0. The predicted molar refractivity (Wildman–Crippen MR) is 120 cm³/mol. The monoisotopic (exact) mass is 590 g/mol. The van der Waals surface area contributed by atoms with Gasteiger partial charge in [-0.25, -0.2) is 13.7 Å². The van der Waals surface area contributed by atoms with Gasteiger partial charge in [0.1, 0.15) is 19.1 Å². The first-order chi connectivity index (χ1) is 17.1. The van der Waals surface area contributed by atoms with Gasteiger partial charge in [-0.15, -0.1) is 0 Å². The zero-order chi connectivity index (χ0) is 27.6. The van der Waals surface area contributed by atoms with Crippen molar-refractivity contribution in [2.45, 2.75) is 31.4 Å². The number of phosphoric acid groups is 3. The summed E-state index contributed by atoms with van der Waals surface area (Å²) in [5.74, 6) is -0.196. The van der Waals surface area contributed by atoms with Crippen molar-refractivity contribution in [1.82, 2.24) is 14.5 Å². The number of hydrogen-bond acceptors (Lipinski definition) is 13. The van der Waals surface area contributed by atoms with Crippen LogP contribution in [0.5, 0.6) is 0 Å². The fraction of sp³-hybridized carbons (Fsp3) is 0.538. The molecule has 0 spiro atoms. The van der Waals surface area contributed by atoms with Gasteiger partial charge in [-0.3, -0.25) is 14.3 Å². The first-order valence-corrected chi connectivity index (χ1v) is 14.3. The zero-order valence-electron chi connectivity index (χ0n) is 18.3. The molecule has 9 N–H and O–H groups in total. The predicted octanol–water partition coefficient (Wildman–Crippen LogP) is 0.0493. The van der Waals surface area contributed by atoms with Crippen LogP contribution in [0.25, 0.3) is 21.5 Å². The van der Waals surface area contributed by atoms with Crippen LogP contribution in [-0.4, -0.2) is 59.7 Å². The van der Waals surface area contributed by atoms with Crippen LogP contribution in [0.1, 0.15) is 18.2 Å². The number of ether oxygens (including phenoxy) is 2. The van der Waals surface area contributed by atoms with Crippen LogP contribution in [0.15, 0.2) is 16.1 Å². The molecule has 1 aliphatic heterocycles. The molecule has 1 saturated heterocycles. The van der Waals surface area contributed by atoms with Crippen molar-refractivity contribution >= 4 is 40.4 Å². The fourth-order valence-corrected chi connectivity index (χ4v) is 6.47. The highest BCUT2D eigenvalue weighted by Gasteiger charge is 2.43. The number of hydrogen-bond donors (Lipinski definition) is 7. The number of azide groups is 1. The van der Waals surface area contributed by atoms with Crippen LogP contribution < -0.4 is 17.0 Å². The van der Waals surface area contributed by atoms with Gasteiger partial charge in [0.15, 0.2) is 5.65 Å². The summed E-state index contributed by atoms with van der Waals surface area (Å²) in [7, 11) is -16.8. The highest BCUT2D eigenvalue weighted by atomic mass is 31.3. The molecular weight excluding hydrogens is 569 g/mol. The van der Waals surface area contributed by atoms with Gasteiger partial charge in [0.2, 0.25) is 5.95 Å². The Hall–Kier alpha value is -2.18.